The normalized spacial score (nSPS) is 9.90. The minimum absolute atomic E-state index is 0.392. The summed E-state index contributed by atoms with van der Waals surface area (Å²) in [6.07, 6.45) is 0. The maximum Gasteiger partial charge on any atom is 0.323 e. The number of aliphatic carboxylic acids is 2. The molecule has 0 aromatic heterocycles. The van der Waals surface area contributed by atoms with Gasteiger partial charge in [-0.2, -0.15) is 0 Å². The highest BCUT2D eigenvalue weighted by Gasteiger charge is 2.20. The van der Waals surface area contributed by atoms with Crippen molar-refractivity contribution in [2.45, 2.75) is 0 Å². The first kappa shape index (κ1) is 15.3. The number of amides is 2. The van der Waals surface area contributed by atoms with E-state index in [1.165, 1.54) is 0 Å². The number of carbonyl (C=O) groups excluding carboxylic acids is 1. The van der Waals surface area contributed by atoms with E-state index in [9.17, 15) is 23.2 Å². The van der Waals surface area contributed by atoms with E-state index in [0.717, 1.165) is 12.1 Å². The maximum absolute atomic E-state index is 13.3. The standard InChI is InChI=1S/C11H10F2N2O5/c12-6-1-2-8(7(13)3-6)14-11(20)15(4-9(16)17)5-10(18)19/h1-3H,4-5H2,(H,14,20)(H,16,17)(H,18,19). The van der Waals surface area contributed by atoms with E-state index in [-0.39, 0.29) is 0 Å². The number of hydrogen-bond donors (Lipinski definition) is 3. The molecule has 0 aliphatic rings. The van der Waals surface area contributed by atoms with E-state index >= 15 is 0 Å². The molecule has 108 valence electrons. The summed E-state index contributed by atoms with van der Waals surface area (Å²) in [5.41, 5.74) is -0.392. The van der Waals surface area contributed by atoms with Gasteiger partial charge in [-0.25, -0.2) is 13.6 Å². The molecule has 2 amide bonds. The fourth-order valence-electron chi connectivity index (χ4n) is 1.31. The summed E-state index contributed by atoms with van der Waals surface area (Å²) in [6.45, 7) is -1.75. The van der Waals surface area contributed by atoms with Gasteiger partial charge in [0.1, 0.15) is 24.7 Å². The fourth-order valence-corrected chi connectivity index (χ4v) is 1.31. The number of halogens is 2. The van der Waals surface area contributed by atoms with Crippen molar-refractivity contribution in [3.05, 3.63) is 29.8 Å². The van der Waals surface area contributed by atoms with Gasteiger partial charge in [0.2, 0.25) is 0 Å². The molecule has 0 radical (unpaired) electrons. The Morgan fingerprint density at radius 1 is 1.10 bits per heavy atom. The zero-order valence-electron chi connectivity index (χ0n) is 9.97. The van der Waals surface area contributed by atoms with Gasteiger partial charge in [0, 0.05) is 6.07 Å². The lowest BCUT2D eigenvalue weighted by Gasteiger charge is -2.19. The highest BCUT2D eigenvalue weighted by Crippen LogP contribution is 2.15. The topological polar surface area (TPSA) is 107 Å². The van der Waals surface area contributed by atoms with Crippen LogP contribution in [0.1, 0.15) is 0 Å². The molecule has 0 aliphatic carbocycles. The van der Waals surface area contributed by atoms with E-state index in [1.54, 1.807) is 0 Å². The molecule has 1 aromatic carbocycles. The molecule has 1 rings (SSSR count). The number of rotatable bonds is 5. The van der Waals surface area contributed by atoms with Gasteiger partial charge in [-0.15, -0.1) is 0 Å². The number of carboxylic acids is 2. The molecule has 0 bridgehead atoms. The van der Waals surface area contributed by atoms with E-state index in [1.807, 2.05) is 5.32 Å². The molecule has 7 nitrogen and oxygen atoms in total. The largest absolute Gasteiger partial charge is 0.480 e. The van der Waals surface area contributed by atoms with Gasteiger partial charge < -0.3 is 20.4 Å². The highest BCUT2D eigenvalue weighted by molar-refractivity contribution is 5.93. The lowest BCUT2D eigenvalue weighted by molar-refractivity contribution is -0.140. The first-order chi connectivity index (χ1) is 9.29. The monoisotopic (exact) mass is 288 g/mol. The van der Waals surface area contributed by atoms with E-state index in [4.69, 9.17) is 10.2 Å². The minimum atomic E-state index is -1.43. The molecular weight excluding hydrogens is 278 g/mol. The van der Waals surface area contributed by atoms with Crippen LogP contribution in [-0.2, 0) is 9.59 Å². The third-order valence-corrected chi connectivity index (χ3v) is 2.11. The number of carbonyl (C=O) groups is 3. The molecular formula is C11H10F2N2O5. The Bertz CT molecular complexity index is 534. The molecule has 0 unspecified atom stereocenters. The number of anilines is 1. The Hall–Kier alpha value is -2.71. The number of carboxylic acid groups (broad SMARTS) is 2. The Labute approximate surface area is 111 Å². The molecule has 9 heteroatoms. The molecule has 3 N–H and O–H groups in total. The van der Waals surface area contributed by atoms with Crippen molar-refractivity contribution in [3.63, 3.8) is 0 Å². The predicted octanol–water partition coefficient (Wildman–Crippen LogP) is 0.968. The SMILES string of the molecule is O=C(O)CN(CC(=O)O)C(=O)Nc1ccc(F)cc1F. The molecule has 1 aromatic rings. The Balaban J connectivity index is 2.84. The van der Waals surface area contributed by atoms with Gasteiger partial charge in [-0.3, -0.25) is 9.59 Å². The average Bonchev–Trinajstić information content (AvgIpc) is 2.30. The zero-order valence-corrected chi connectivity index (χ0v) is 9.97. The van der Waals surface area contributed by atoms with Crippen LogP contribution in [0.5, 0.6) is 0 Å². The van der Waals surface area contributed by atoms with Gasteiger partial charge in [0.25, 0.3) is 0 Å². The summed E-state index contributed by atoms with van der Waals surface area (Å²) < 4.78 is 26.0. The van der Waals surface area contributed by atoms with Crippen LogP contribution >= 0.6 is 0 Å². The number of nitrogens with one attached hydrogen (secondary N) is 1. The molecule has 0 fully saturated rings. The van der Waals surface area contributed by atoms with Crippen LogP contribution < -0.4 is 5.32 Å². The van der Waals surface area contributed by atoms with Gasteiger partial charge >= 0.3 is 18.0 Å². The summed E-state index contributed by atoms with van der Waals surface area (Å²) in [5.74, 6) is -4.78. The molecule has 0 saturated heterocycles. The van der Waals surface area contributed by atoms with Crippen LogP contribution in [0.3, 0.4) is 0 Å². The van der Waals surface area contributed by atoms with Gasteiger partial charge in [-0.1, -0.05) is 0 Å². The first-order valence-electron chi connectivity index (χ1n) is 5.24. The lowest BCUT2D eigenvalue weighted by atomic mass is 10.3. The summed E-state index contributed by atoms with van der Waals surface area (Å²) in [6, 6.07) is 1.22. The van der Waals surface area contributed by atoms with E-state index < -0.39 is 48.4 Å². The van der Waals surface area contributed by atoms with Crippen LogP contribution in [0.15, 0.2) is 18.2 Å². The van der Waals surface area contributed by atoms with Gasteiger partial charge in [0.05, 0.1) is 5.69 Å². The first-order valence-corrected chi connectivity index (χ1v) is 5.24. The number of nitrogens with zero attached hydrogens (tertiary/aromatic N) is 1. The van der Waals surface area contributed by atoms with Crippen LogP contribution in [0.2, 0.25) is 0 Å². The molecule has 0 saturated carbocycles. The Kier molecular flexibility index (Phi) is 4.95. The smallest absolute Gasteiger partial charge is 0.323 e. The summed E-state index contributed by atoms with van der Waals surface area (Å²) in [4.78, 5) is 33.1. The van der Waals surface area contributed by atoms with Crippen molar-refractivity contribution in [2.75, 3.05) is 18.4 Å². The number of benzene rings is 1. The number of hydrogen-bond acceptors (Lipinski definition) is 3. The second-order valence-corrected chi connectivity index (χ2v) is 3.70. The average molecular weight is 288 g/mol. The van der Waals surface area contributed by atoms with Gasteiger partial charge in [-0.05, 0) is 12.1 Å². The van der Waals surface area contributed by atoms with Crippen LogP contribution in [0.25, 0.3) is 0 Å². The molecule has 0 heterocycles. The molecule has 0 atom stereocenters. The quantitative estimate of drug-likeness (QED) is 0.748. The molecule has 20 heavy (non-hydrogen) atoms. The van der Waals surface area contributed by atoms with Crippen molar-refractivity contribution in [2.24, 2.45) is 0 Å². The summed E-state index contributed by atoms with van der Waals surface area (Å²) >= 11 is 0. The fraction of sp³-hybridized carbons (Fsp3) is 0.182. The van der Waals surface area contributed by atoms with Crippen molar-refractivity contribution in [3.8, 4) is 0 Å². The third kappa shape index (κ3) is 4.52. The van der Waals surface area contributed by atoms with Crippen LogP contribution in [0, 0.1) is 11.6 Å². The Morgan fingerprint density at radius 3 is 2.10 bits per heavy atom. The third-order valence-electron chi connectivity index (χ3n) is 2.11. The molecule has 0 spiro atoms. The van der Waals surface area contributed by atoms with E-state index in [2.05, 4.69) is 0 Å². The predicted molar refractivity (Wildman–Crippen MR) is 62.2 cm³/mol. The zero-order chi connectivity index (χ0) is 15.3. The van der Waals surface area contributed by atoms with Gasteiger partial charge in [0.15, 0.2) is 0 Å². The van der Waals surface area contributed by atoms with Crippen molar-refractivity contribution < 1.29 is 33.4 Å². The van der Waals surface area contributed by atoms with Crippen molar-refractivity contribution in [1.82, 2.24) is 4.90 Å². The van der Waals surface area contributed by atoms with Crippen molar-refractivity contribution >= 4 is 23.7 Å². The Morgan fingerprint density at radius 2 is 1.65 bits per heavy atom. The highest BCUT2D eigenvalue weighted by atomic mass is 19.1. The number of urea groups is 1. The van der Waals surface area contributed by atoms with Crippen LogP contribution in [0.4, 0.5) is 19.3 Å². The second-order valence-electron chi connectivity index (χ2n) is 3.70. The van der Waals surface area contributed by atoms with E-state index in [0.29, 0.717) is 11.0 Å². The van der Waals surface area contributed by atoms with Crippen molar-refractivity contribution in [1.29, 1.82) is 0 Å². The van der Waals surface area contributed by atoms with Crippen LogP contribution in [-0.4, -0.2) is 46.2 Å². The minimum Gasteiger partial charge on any atom is -0.480 e. The second kappa shape index (κ2) is 6.45. The maximum atomic E-state index is 13.3. The lowest BCUT2D eigenvalue weighted by Crippen LogP contribution is -2.42. The molecule has 0 aliphatic heterocycles. The summed E-state index contributed by atoms with van der Waals surface area (Å²) in [5, 5.41) is 19.1. The summed E-state index contributed by atoms with van der Waals surface area (Å²) in [7, 11) is 0.